The normalized spacial score (nSPS) is 8.27. The van der Waals surface area contributed by atoms with E-state index in [1.165, 1.54) is 5.56 Å². The third-order valence-electron chi connectivity index (χ3n) is 1.34. The first-order chi connectivity index (χ1) is 7.06. The van der Waals surface area contributed by atoms with Crippen molar-refractivity contribution in [3.63, 3.8) is 0 Å². The molecule has 0 aromatic heterocycles. The van der Waals surface area contributed by atoms with Gasteiger partial charge in [0.1, 0.15) is 6.42 Å². The van der Waals surface area contributed by atoms with E-state index in [9.17, 15) is 9.59 Å². The molecule has 15 heavy (non-hydrogen) atoms. The molecule has 0 unspecified atom stereocenters. The minimum absolute atomic E-state index is 0.806. The van der Waals surface area contributed by atoms with Gasteiger partial charge < -0.3 is 10.2 Å². The highest BCUT2D eigenvalue weighted by Gasteiger charge is 2.01. The van der Waals surface area contributed by atoms with Crippen molar-refractivity contribution in [3.8, 4) is 0 Å². The van der Waals surface area contributed by atoms with Crippen LogP contribution in [-0.4, -0.2) is 22.2 Å². The maximum Gasteiger partial charge on any atom is 0.314 e. The van der Waals surface area contributed by atoms with Crippen molar-refractivity contribution < 1.29 is 19.8 Å². The average molecular weight is 208 g/mol. The molecular formula is C11H12O4. The van der Waals surface area contributed by atoms with E-state index in [0.29, 0.717) is 0 Å². The summed E-state index contributed by atoms with van der Waals surface area (Å²) in [5.41, 5.74) is 1.17. The Bertz CT molecular complexity index is 318. The Kier molecular flexibility index (Phi) is 6.29. The molecule has 4 nitrogen and oxygen atoms in total. The molecule has 0 spiro atoms. The van der Waals surface area contributed by atoms with Crippen LogP contribution in [0.25, 0.3) is 6.08 Å². The van der Waals surface area contributed by atoms with E-state index < -0.39 is 18.4 Å². The lowest BCUT2D eigenvalue weighted by Crippen LogP contribution is -2.03. The lowest BCUT2D eigenvalue weighted by atomic mass is 10.2. The first kappa shape index (κ1) is 12.9. The van der Waals surface area contributed by atoms with Crippen LogP contribution in [0.4, 0.5) is 0 Å². The third kappa shape index (κ3) is 8.24. The van der Waals surface area contributed by atoms with E-state index in [0.717, 1.165) is 0 Å². The van der Waals surface area contributed by atoms with Gasteiger partial charge in [-0.2, -0.15) is 0 Å². The van der Waals surface area contributed by atoms with Crippen molar-refractivity contribution in [2.24, 2.45) is 0 Å². The number of rotatable bonds is 3. The van der Waals surface area contributed by atoms with E-state index in [1.807, 2.05) is 36.4 Å². The fourth-order valence-corrected chi connectivity index (χ4v) is 0.718. The summed E-state index contributed by atoms with van der Waals surface area (Å²) in [5, 5.41) is 15.4. The summed E-state index contributed by atoms with van der Waals surface area (Å²) >= 11 is 0. The van der Waals surface area contributed by atoms with Crippen LogP contribution in [-0.2, 0) is 9.59 Å². The van der Waals surface area contributed by atoms with Gasteiger partial charge in [-0.15, -0.1) is 0 Å². The van der Waals surface area contributed by atoms with Crippen molar-refractivity contribution in [3.05, 3.63) is 42.5 Å². The van der Waals surface area contributed by atoms with Gasteiger partial charge in [0.25, 0.3) is 0 Å². The number of carboxylic acid groups (broad SMARTS) is 2. The van der Waals surface area contributed by atoms with E-state index in [1.54, 1.807) is 0 Å². The summed E-state index contributed by atoms with van der Waals surface area (Å²) in [4.78, 5) is 18.9. The molecule has 1 rings (SSSR count). The molecule has 0 atom stereocenters. The molecule has 0 saturated heterocycles. The Balaban J connectivity index is 0.000000265. The smallest absolute Gasteiger partial charge is 0.314 e. The second-order valence-corrected chi connectivity index (χ2v) is 2.58. The molecule has 1 aromatic rings. The Morgan fingerprint density at radius 1 is 1.13 bits per heavy atom. The van der Waals surface area contributed by atoms with Crippen molar-refractivity contribution in [2.75, 3.05) is 0 Å². The lowest BCUT2D eigenvalue weighted by molar-refractivity contribution is -0.147. The first-order valence-corrected chi connectivity index (χ1v) is 4.17. The Morgan fingerprint density at radius 3 is 1.80 bits per heavy atom. The van der Waals surface area contributed by atoms with Crippen LogP contribution < -0.4 is 0 Å². The predicted octanol–water partition coefficient (Wildman–Crippen LogP) is 1.88. The lowest BCUT2D eigenvalue weighted by Gasteiger charge is -1.85. The molecule has 0 radical (unpaired) electrons. The van der Waals surface area contributed by atoms with Crippen molar-refractivity contribution in [1.82, 2.24) is 0 Å². The number of hydrogen-bond acceptors (Lipinski definition) is 2. The van der Waals surface area contributed by atoms with Crippen LogP contribution in [0.2, 0.25) is 0 Å². The van der Waals surface area contributed by atoms with E-state index in [2.05, 4.69) is 6.58 Å². The number of hydrogen-bond donors (Lipinski definition) is 2. The molecule has 0 fully saturated rings. The zero-order valence-corrected chi connectivity index (χ0v) is 8.09. The highest BCUT2D eigenvalue weighted by Crippen LogP contribution is 1.97. The quantitative estimate of drug-likeness (QED) is 0.743. The minimum atomic E-state index is -1.31. The van der Waals surface area contributed by atoms with Gasteiger partial charge in [0.05, 0.1) is 0 Å². The van der Waals surface area contributed by atoms with Gasteiger partial charge in [0.2, 0.25) is 0 Å². The van der Waals surface area contributed by atoms with Gasteiger partial charge in [-0.25, -0.2) is 0 Å². The molecule has 1 aromatic carbocycles. The van der Waals surface area contributed by atoms with Crippen LogP contribution in [0.5, 0.6) is 0 Å². The van der Waals surface area contributed by atoms with Gasteiger partial charge in [-0.05, 0) is 5.56 Å². The van der Waals surface area contributed by atoms with Gasteiger partial charge in [-0.1, -0.05) is 43.0 Å². The molecule has 2 N–H and O–H groups in total. The zero-order chi connectivity index (χ0) is 11.7. The Labute approximate surface area is 87.5 Å². The number of aliphatic carboxylic acids is 2. The van der Waals surface area contributed by atoms with Crippen molar-refractivity contribution in [2.45, 2.75) is 6.42 Å². The predicted molar refractivity (Wildman–Crippen MR) is 56.4 cm³/mol. The maximum absolute atomic E-state index is 9.43. The molecule has 0 aliphatic carbocycles. The number of carboxylic acids is 2. The third-order valence-corrected chi connectivity index (χ3v) is 1.34. The first-order valence-electron chi connectivity index (χ1n) is 4.17. The van der Waals surface area contributed by atoms with Crippen LogP contribution in [0.3, 0.4) is 0 Å². The largest absolute Gasteiger partial charge is 0.481 e. The topological polar surface area (TPSA) is 74.6 Å². The van der Waals surface area contributed by atoms with Gasteiger partial charge in [0, 0.05) is 0 Å². The zero-order valence-electron chi connectivity index (χ0n) is 8.09. The molecule has 0 aliphatic heterocycles. The molecule has 0 saturated carbocycles. The summed E-state index contributed by atoms with van der Waals surface area (Å²) < 4.78 is 0. The molecule has 0 heterocycles. The van der Waals surface area contributed by atoms with Crippen LogP contribution in [0.1, 0.15) is 12.0 Å². The fraction of sp³-hybridized carbons (Fsp3) is 0.0909. The summed E-state index contributed by atoms with van der Waals surface area (Å²) in [7, 11) is 0. The molecule has 4 heteroatoms. The van der Waals surface area contributed by atoms with Gasteiger partial charge >= 0.3 is 11.9 Å². The summed E-state index contributed by atoms with van der Waals surface area (Å²) in [6.07, 6.45) is 1.03. The van der Waals surface area contributed by atoms with E-state index in [4.69, 9.17) is 10.2 Å². The van der Waals surface area contributed by atoms with Crippen LogP contribution >= 0.6 is 0 Å². The summed E-state index contributed by atoms with van der Waals surface area (Å²) in [6, 6.07) is 10.0. The molecular weight excluding hydrogens is 196 g/mol. The van der Waals surface area contributed by atoms with E-state index in [-0.39, 0.29) is 0 Å². The molecule has 0 amide bonds. The highest BCUT2D eigenvalue weighted by molar-refractivity contribution is 5.88. The van der Waals surface area contributed by atoms with Crippen LogP contribution in [0.15, 0.2) is 36.9 Å². The summed E-state index contributed by atoms with van der Waals surface area (Å²) in [5.74, 6) is -2.62. The van der Waals surface area contributed by atoms with Gasteiger partial charge in [-0.3, -0.25) is 9.59 Å². The Hall–Kier alpha value is -2.10. The van der Waals surface area contributed by atoms with E-state index >= 15 is 0 Å². The minimum Gasteiger partial charge on any atom is -0.481 e. The van der Waals surface area contributed by atoms with Crippen LogP contribution in [0, 0.1) is 0 Å². The fourth-order valence-electron chi connectivity index (χ4n) is 0.718. The second kappa shape index (κ2) is 7.32. The monoisotopic (exact) mass is 208 g/mol. The average Bonchev–Trinajstić information content (AvgIpc) is 2.18. The second-order valence-electron chi connectivity index (χ2n) is 2.58. The number of benzene rings is 1. The summed E-state index contributed by atoms with van der Waals surface area (Å²) in [6.45, 7) is 3.63. The SMILES string of the molecule is C=Cc1ccccc1.O=C(O)CC(=O)O. The van der Waals surface area contributed by atoms with Crippen molar-refractivity contribution in [1.29, 1.82) is 0 Å². The standard InChI is InChI=1S/C8H8.C3H4O4/c1-2-8-6-4-3-5-7-8;4-2(5)1-3(6)7/h2-7H,1H2;1H2,(H,4,5)(H,6,7). The molecule has 0 bridgehead atoms. The molecule has 80 valence electrons. The van der Waals surface area contributed by atoms with Crippen molar-refractivity contribution >= 4 is 18.0 Å². The van der Waals surface area contributed by atoms with Gasteiger partial charge in [0.15, 0.2) is 0 Å². The molecule has 0 aliphatic rings. The highest BCUT2D eigenvalue weighted by atomic mass is 16.4. The Morgan fingerprint density at radius 2 is 1.60 bits per heavy atom. The maximum atomic E-state index is 9.43. The number of carbonyl (C=O) groups is 2.